The number of nitrogens with one attached hydrogen (secondary N) is 1. The molecule has 0 spiro atoms. The first-order valence-electron chi connectivity index (χ1n) is 9.68. The van der Waals surface area contributed by atoms with Gasteiger partial charge in [0.25, 0.3) is 11.8 Å². The minimum atomic E-state index is -0.267. The van der Waals surface area contributed by atoms with Gasteiger partial charge < -0.3 is 19.3 Å². The summed E-state index contributed by atoms with van der Waals surface area (Å²) in [6.45, 7) is 1.89. The molecule has 0 bridgehead atoms. The molecule has 3 aromatic carbocycles. The van der Waals surface area contributed by atoms with E-state index >= 15 is 0 Å². The van der Waals surface area contributed by atoms with Gasteiger partial charge in [-0.05, 0) is 55.5 Å². The lowest BCUT2D eigenvalue weighted by Crippen LogP contribution is -2.20. The van der Waals surface area contributed by atoms with Gasteiger partial charge in [0.05, 0.1) is 7.11 Å². The molecule has 1 N–H and O–H groups in total. The molecule has 0 radical (unpaired) electrons. The van der Waals surface area contributed by atoms with Crippen LogP contribution in [0.5, 0.6) is 11.5 Å². The molecule has 0 fully saturated rings. The Morgan fingerprint density at radius 1 is 0.968 bits per heavy atom. The Morgan fingerprint density at radius 3 is 2.48 bits per heavy atom. The molecule has 0 aliphatic rings. The SMILES string of the molecule is COc1ccc(NC(=O)COc2cccc(-c3noc(-c4ccc(C)cc4)n3)c2)cc1. The standard InChI is InChI=1S/C24H21N3O4/c1-16-6-8-17(9-7-16)24-26-23(27-31-24)18-4-3-5-21(14-18)30-15-22(28)25-19-10-12-20(29-2)13-11-19/h3-14H,15H2,1-2H3,(H,25,28). The Balaban J connectivity index is 1.39. The quantitative estimate of drug-likeness (QED) is 0.469. The molecule has 31 heavy (non-hydrogen) atoms. The van der Waals surface area contributed by atoms with Crippen molar-refractivity contribution in [3.8, 4) is 34.3 Å². The van der Waals surface area contributed by atoms with E-state index in [-0.39, 0.29) is 12.5 Å². The second kappa shape index (κ2) is 9.13. The lowest BCUT2D eigenvalue weighted by Gasteiger charge is -2.08. The molecular formula is C24H21N3O4. The molecule has 1 heterocycles. The molecule has 0 unspecified atom stereocenters. The average molecular weight is 415 g/mol. The summed E-state index contributed by atoms with van der Waals surface area (Å²) in [7, 11) is 1.59. The van der Waals surface area contributed by atoms with Crippen molar-refractivity contribution < 1.29 is 18.8 Å². The molecule has 4 aromatic rings. The second-order valence-corrected chi connectivity index (χ2v) is 6.88. The molecule has 1 aromatic heterocycles. The summed E-state index contributed by atoms with van der Waals surface area (Å²) in [6, 6.07) is 22.1. The largest absolute Gasteiger partial charge is 0.497 e. The molecule has 0 atom stereocenters. The van der Waals surface area contributed by atoms with Crippen LogP contribution in [-0.2, 0) is 4.79 Å². The third-order valence-electron chi connectivity index (χ3n) is 4.56. The summed E-state index contributed by atoms with van der Waals surface area (Å²) < 4.78 is 16.1. The average Bonchev–Trinajstić information content (AvgIpc) is 3.29. The fourth-order valence-corrected chi connectivity index (χ4v) is 2.90. The van der Waals surface area contributed by atoms with E-state index in [9.17, 15) is 4.79 Å². The van der Waals surface area contributed by atoms with Crippen LogP contribution in [-0.4, -0.2) is 29.8 Å². The maximum absolute atomic E-state index is 12.2. The van der Waals surface area contributed by atoms with E-state index in [1.165, 1.54) is 0 Å². The topological polar surface area (TPSA) is 86.5 Å². The maximum atomic E-state index is 12.2. The summed E-state index contributed by atoms with van der Waals surface area (Å²) in [4.78, 5) is 16.6. The number of aryl methyl sites for hydroxylation is 1. The smallest absolute Gasteiger partial charge is 0.262 e. The van der Waals surface area contributed by atoms with Crippen molar-refractivity contribution in [1.82, 2.24) is 10.1 Å². The van der Waals surface area contributed by atoms with E-state index in [2.05, 4.69) is 15.5 Å². The zero-order chi connectivity index (χ0) is 21.6. The van der Waals surface area contributed by atoms with Gasteiger partial charge in [-0.15, -0.1) is 0 Å². The minimum absolute atomic E-state index is 0.129. The van der Waals surface area contributed by atoms with E-state index in [1.807, 2.05) is 43.3 Å². The lowest BCUT2D eigenvalue weighted by atomic mass is 10.1. The number of nitrogens with zero attached hydrogens (tertiary/aromatic N) is 2. The fourth-order valence-electron chi connectivity index (χ4n) is 2.90. The number of hydrogen-bond donors (Lipinski definition) is 1. The van der Waals surface area contributed by atoms with Crippen molar-refractivity contribution >= 4 is 11.6 Å². The molecule has 0 aliphatic heterocycles. The van der Waals surface area contributed by atoms with E-state index < -0.39 is 0 Å². The van der Waals surface area contributed by atoms with Crippen molar-refractivity contribution in [2.24, 2.45) is 0 Å². The Morgan fingerprint density at radius 2 is 1.74 bits per heavy atom. The third kappa shape index (κ3) is 5.08. The van der Waals surface area contributed by atoms with Gasteiger partial charge in [-0.3, -0.25) is 4.79 Å². The first kappa shape index (κ1) is 20.2. The summed E-state index contributed by atoms with van der Waals surface area (Å²) in [5, 5.41) is 6.84. The Kier molecular flexibility index (Phi) is 5.93. The number of benzene rings is 3. The number of ether oxygens (including phenoxy) is 2. The van der Waals surface area contributed by atoms with Gasteiger partial charge in [0.2, 0.25) is 5.82 Å². The van der Waals surface area contributed by atoms with Crippen LogP contribution in [0.25, 0.3) is 22.8 Å². The number of carbonyl (C=O) groups is 1. The first-order valence-corrected chi connectivity index (χ1v) is 9.68. The summed E-state index contributed by atoms with van der Waals surface area (Å²) in [5.41, 5.74) is 3.41. The van der Waals surface area contributed by atoms with Crippen molar-refractivity contribution in [3.05, 3.63) is 78.4 Å². The predicted octanol–water partition coefficient (Wildman–Crippen LogP) is 4.74. The minimum Gasteiger partial charge on any atom is -0.497 e. The van der Waals surface area contributed by atoms with E-state index in [1.54, 1.807) is 43.5 Å². The van der Waals surface area contributed by atoms with Gasteiger partial charge in [-0.1, -0.05) is 35.0 Å². The van der Waals surface area contributed by atoms with Crippen LogP contribution < -0.4 is 14.8 Å². The molecule has 7 nitrogen and oxygen atoms in total. The van der Waals surface area contributed by atoms with Crippen LogP contribution in [0, 0.1) is 6.92 Å². The van der Waals surface area contributed by atoms with Gasteiger partial charge in [-0.2, -0.15) is 4.98 Å². The molecule has 0 aliphatic carbocycles. The summed E-state index contributed by atoms with van der Waals surface area (Å²) >= 11 is 0. The number of amides is 1. The normalized spacial score (nSPS) is 10.5. The third-order valence-corrected chi connectivity index (χ3v) is 4.56. The van der Waals surface area contributed by atoms with E-state index in [0.29, 0.717) is 23.2 Å². The van der Waals surface area contributed by atoms with Gasteiger partial charge in [0, 0.05) is 16.8 Å². The van der Waals surface area contributed by atoms with Crippen molar-refractivity contribution in [3.63, 3.8) is 0 Å². The molecule has 0 saturated heterocycles. The highest BCUT2D eigenvalue weighted by atomic mass is 16.5. The molecule has 1 amide bonds. The zero-order valence-corrected chi connectivity index (χ0v) is 17.2. The first-order chi connectivity index (χ1) is 15.1. The monoisotopic (exact) mass is 415 g/mol. The number of hydrogen-bond acceptors (Lipinski definition) is 6. The number of aromatic nitrogens is 2. The molecule has 156 valence electrons. The van der Waals surface area contributed by atoms with Gasteiger partial charge in [0.1, 0.15) is 11.5 Å². The highest BCUT2D eigenvalue weighted by Gasteiger charge is 2.12. The molecular weight excluding hydrogens is 394 g/mol. The van der Waals surface area contributed by atoms with Gasteiger partial charge >= 0.3 is 0 Å². The second-order valence-electron chi connectivity index (χ2n) is 6.88. The maximum Gasteiger partial charge on any atom is 0.262 e. The number of anilines is 1. The van der Waals surface area contributed by atoms with E-state index in [0.717, 1.165) is 22.4 Å². The highest BCUT2D eigenvalue weighted by molar-refractivity contribution is 5.91. The van der Waals surface area contributed by atoms with Gasteiger partial charge in [-0.25, -0.2) is 0 Å². The van der Waals surface area contributed by atoms with Crippen LogP contribution in [0.2, 0.25) is 0 Å². The summed E-state index contributed by atoms with van der Waals surface area (Å²) in [6.07, 6.45) is 0. The lowest BCUT2D eigenvalue weighted by molar-refractivity contribution is -0.118. The van der Waals surface area contributed by atoms with Crippen molar-refractivity contribution in [1.29, 1.82) is 0 Å². The molecule has 7 heteroatoms. The molecule has 4 rings (SSSR count). The Bertz CT molecular complexity index is 1170. The number of methoxy groups -OCH3 is 1. The summed E-state index contributed by atoms with van der Waals surface area (Å²) in [5.74, 6) is 1.88. The van der Waals surface area contributed by atoms with Crippen LogP contribution >= 0.6 is 0 Å². The highest BCUT2D eigenvalue weighted by Crippen LogP contribution is 2.25. The van der Waals surface area contributed by atoms with Crippen molar-refractivity contribution in [2.75, 3.05) is 19.0 Å². The Labute approximate surface area is 179 Å². The van der Waals surface area contributed by atoms with Crippen LogP contribution in [0.4, 0.5) is 5.69 Å². The number of rotatable bonds is 7. The number of carbonyl (C=O) groups excluding carboxylic acids is 1. The predicted molar refractivity (Wildman–Crippen MR) is 117 cm³/mol. The zero-order valence-electron chi connectivity index (χ0n) is 17.2. The van der Waals surface area contributed by atoms with Crippen LogP contribution in [0.3, 0.4) is 0 Å². The van der Waals surface area contributed by atoms with Crippen LogP contribution in [0.15, 0.2) is 77.3 Å². The van der Waals surface area contributed by atoms with Crippen LogP contribution in [0.1, 0.15) is 5.56 Å². The Hall–Kier alpha value is -4.13. The van der Waals surface area contributed by atoms with Crippen molar-refractivity contribution in [2.45, 2.75) is 6.92 Å². The fraction of sp³-hybridized carbons (Fsp3) is 0.125. The molecule has 0 saturated carbocycles. The van der Waals surface area contributed by atoms with Gasteiger partial charge in [0.15, 0.2) is 6.61 Å². The van der Waals surface area contributed by atoms with E-state index in [4.69, 9.17) is 14.0 Å².